The maximum absolute atomic E-state index is 5.19. The summed E-state index contributed by atoms with van der Waals surface area (Å²) in [6.45, 7) is 9.06. The van der Waals surface area contributed by atoms with Gasteiger partial charge in [0.25, 0.3) is 0 Å². The standard InChI is InChI=1S/C16H27N3O/c1-16(2,3)18-12-13-5-8-15(17-11-13)19(9-10-20-4)14-6-7-14/h5,8,11,14,18H,6-7,9-10,12H2,1-4H3. The molecule has 1 N–H and O–H groups in total. The molecule has 0 amide bonds. The van der Waals surface area contributed by atoms with Crippen LogP contribution in [0.3, 0.4) is 0 Å². The van der Waals surface area contributed by atoms with Crippen LogP contribution in [0.4, 0.5) is 5.82 Å². The van der Waals surface area contributed by atoms with E-state index < -0.39 is 0 Å². The Morgan fingerprint density at radius 3 is 2.60 bits per heavy atom. The topological polar surface area (TPSA) is 37.4 Å². The van der Waals surface area contributed by atoms with Gasteiger partial charge in [-0.1, -0.05) is 6.07 Å². The van der Waals surface area contributed by atoms with E-state index in [0.717, 1.165) is 25.5 Å². The Kier molecular flexibility index (Phi) is 5.00. The number of nitrogens with zero attached hydrogens (tertiary/aromatic N) is 2. The van der Waals surface area contributed by atoms with Crippen LogP contribution in [0.1, 0.15) is 39.2 Å². The third-order valence-corrected chi connectivity index (χ3v) is 3.45. The van der Waals surface area contributed by atoms with Crippen LogP contribution in [0, 0.1) is 0 Å². The predicted octanol–water partition coefficient (Wildman–Crippen LogP) is 2.58. The fourth-order valence-electron chi connectivity index (χ4n) is 2.12. The van der Waals surface area contributed by atoms with Crippen molar-refractivity contribution in [2.75, 3.05) is 25.2 Å². The largest absolute Gasteiger partial charge is 0.383 e. The van der Waals surface area contributed by atoms with E-state index in [2.05, 4.69) is 48.1 Å². The molecule has 0 aliphatic heterocycles. The number of anilines is 1. The minimum atomic E-state index is 0.136. The van der Waals surface area contributed by atoms with Gasteiger partial charge in [0.15, 0.2) is 0 Å². The first-order valence-electron chi connectivity index (χ1n) is 7.45. The van der Waals surface area contributed by atoms with Crippen molar-refractivity contribution in [3.8, 4) is 0 Å². The maximum atomic E-state index is 5.19. The Bertz CT molecular complexity index is 407. The Morgan fingerprint density at radius 2 is 2.10 bits per heavy atom. The monoisotopic (exact) mass is 277 g/mol. The zero-order valence-electron chi connectivity index (χ0n) is 13.1. The van der Waals surface area contributed by atoms with Crippen molar-refractivity contribution in [3.63, 3.8) is 0 Å². The van der Waals surface area contributed by atoms with Gasteiger partial charge in [-0.3, -0.25) is 0 Å². The van der Waals surface area contributed by atoms with Crippen molar-refractivity contribution in [2.45, 2.75) is 51.7 Å². The van der Waals surface area contributed by atoms with Crippen LogP contribution in [0.2, 0.25) is 0 Å². The molecule has 0 aromatic carbocycles. The van der Waals surface area contributed by atoms with Gasteiger partial charge < -0.3 is 15.0 Å². The number of aromatic nitrogens is 1. The van der Waals surface area contributed by atoms with Gasteiger partial charge in [0, 0.05) is 38.0 Å². The molecule has 2 rings (SSSR count). The second-order valence-corrected chi connectivity index (χ2v) is 6.55. The molecule has 0 unspecified atom stereocenters. The molecule has 0 spiro atoms. The van der Waals surface area contributed by atoms with Crippen LogP contribution in [0.25, 0.3) is 0 Å². The third kappa shape index (κ3) is 4.76. The van der Waals surface area contributed by atoms with Crippen molar-refractivity contribution in [3.05, 3.63) is 23.9 Å². The van der Waals surface area contributed by atoms with E-state index in [1.165, 1.54) is 18.4 Å². The normalized spacial score (nSPS) is 15.4. The van der Waals surface area contributed by atoms with Crippen molar-refractivity contribution in [1.82, 2.24) is 10.3 Å². The molecule has 1 heterocycles. The Hall–Kier alpha value is -1.13. The van der Waals surface area contributed by atoms with Gasteiger partial charge in [-0.15, -0.1) is 0 Å². The van der Waals surface area contributed by atoms with E-state index in [1.807, 2.05) is 6.20 Å². The number of ether oxygens (including phenoxy) is 1. The third-order valence-electron chi connectivity index (χ3n) is 3.45. The number of rotatable bonds is 7. The van der Waals surface area contributed by atoms with E-state index in [4.69, 9.17) is 4.74 Å². The molecule has 0 atom stereocenters. The molecule has 1 fully saturated rings. The Balaban J connectivity index is 1.95. The smallest absolute Gasteiger partial charge is 0.128 e. The number of nitrogens with one attached hydrogen (secondary N) is 1. The average Bonchev–Trinajstić information content (AvgIpc) is 3.22. The highest BCUT2D eigenvalue weighted by atomic mass is 16.5. The molecule has 0 saturated heterocycles. The second kappa shape index (κ2) is 6.55. The first-order valence-corrected chi connectivity index (χ1v) is 7.45. The SMILES string of the molecule is COCCN(c1ccc(CNC(C)(C)C)cn1)C1CC1. The fraction of sp³-hybridized carbons (Fsp3) is 0.688. The van der Waals surface area contributed by atoms with Crippen molar-refractivity contribution >= 4 is 5.82 Å². The Labute approximate surface area is 122 Å². The summed E-state index contributed by atoms with van der Waals surface area (Å²) in [6, 6.07) is 4.97. The minimum Gasteiger partial charge on any atom is -0.383 e. The number of hydrogen-bond donors (Lipinski definition) is 1. The van der Waals surface area contributed by atoms with Crippen molar-refractivity contribution in [2.24, 2.45) is 0 Å². The predicted molar refractivity (Wildman–Crippen MR) is 83.1 cm³/mol. The summed E-state index contributed by atoms with van der Waals surface area (Å²) in [6.07, 6.45) is 4.54. The van der Waals surface area contributed by atoms with Gasteiger partial charge in [0.2, 0.25) is 0 Å². The van der Waals surface area contributed by atoms with Gasteiger partial charge in [-0.05, 0) is 45.2 Å². The van der Waals surface area contributed by atoms with Crippen LogP contribution < -0.4 is 10.2 Å². The van der Waals surface area contributed by atoms with Crippen LogP contribution in [0.5, 0.6) is 0 Å². The number of methoxy groups -OCH3 is 1. The molecule has 20 heavy (non-hydrogen) atoms. The lowest BCUT2D eigenvalue weighted by Crippen LogP contribution is -2.35. The summed E-state index contributed by atoms with van der Waals surface area (Å²) in [7, 11) is 1.75. The zero-order chi connectivity index (χ0) is 14.6. The van der Waals surface area contributed by atoms with E-state index >= 15 is 0 Å². The second-order valence-electron chi connectivity index (χ2n) is 6.55. The van der Waals surface area contributed by atoms with Gasteiger partial charge in [0.05, 0.1) is 6.61 Å². The van der Waals surface area contributed by atoms with E-state index in [0.29, 0.717) is 6.04 Å². The molecule has 4 nitrogen and oxygen atoms in total. The highest BCUT2D eigenvalue weighted by Crippen LogP contribution is 2.30. The molecule has 1 saturated carbocycles. The molecule has 1 aliphatic rings. The highest BCUT2D eigenvalue weighted by Gasteiger charge is 2.29. The fourth-order valence-corrected chi connectivity index (χ4v) is 2.12. The quantitative estimate of drug-likeness (QED) is 0.831. The zero-order valence-corrected chi connectivity index (χ0v) is 13.1. The van der Waals surface area contributed by atoms with Crippen LogP contribution in [-0.4, -0.2) is 36.8 Å². The van der Waals surface area contributed by atoms with Gasteiger partial charge in [-0.2, -0.15) is 0 Å². The van der Waals surface area contributed by atoms with Gasteiger partial charge in [0.1, 0.15) is 5.82 Å². The first kappa shape index (κ1) is 15.3. The molecular formula is C16H27N3O. The summed E-state index contributed by atoms with van der Waals surface area (Å²) in [5.74, 6) is 1.07. The lowest BCUT2D eigenvalue weighted by Gasteiger charge is -2.24. The molecule has 112 valence electrons. The van der Waals surface area contributed by atoms with Crippen LogP contribution in [0.15, 0.2) is 18.3 Å². The molecule has 0 bridgehead atoms. The number of hydrogen-bond acceptors (Lipinski definition) is 4. The highest BCUT2D eigenvalue weighted by molar-refractivity contribution is 5.42. The van der Waals surface area contributed by atoms with E-state index in [-0.39, 0.29) is 5.54 Å². The molecule has 1 aromatic rings. The summed E-state index contributed by atoms with van der Waals surface area (Å²) < 4.78 is 5.19. The van der Waals surface area contributed by atoms with Gasteiger partial charge in [-0.25, -0.2) is 4.98 Å². The lowest BCUT2D eigenvalue weighted by molar-refractivity contribution is 0.204. The van der Waals surface area contributed by atoms with E-state index in [9.17, 15) is 0 Å². The minimum absolute atomic E-state index is 0.136. The molecular weight excluding hydrogens is 250 g/mol. The van der Waals surface area contributed by atoms with Crippen LogP contribution in [-0.2, 0) is 11.3 Å². The summed E-state index contributed by atoms with van der Waals surface area (Å²) in [5.41, 5.74) is 1.36. The average molecular weight is 277 g/mol. The molecule has 1 aliphatic carbocycles. The molecule has 1 aromatic heterocycles. The molecule has 0 radical (unpaired) electrons. The van der Waals surface area contributed by atoms with Crippen molar-refractivity contribution in [1.29, 1.82) is 0 Å². The number of pyridine rings is 1. The first-order chi connectivity index (χ1) is 9.49. The summed E-state index contributed by atoms with van der Waals surface area (Å²) in [5, 5.41) is 3.48. The summed E-state index contributed by atoms with van der Waals surface area (Å²) in [4.78, 5) is 6.99. The Morgan fingerprint density at radius 1 is 1.35 bits per heavy atom. The molecule has 4 heteroatoms. The van der Waals surface area contributed by atoms with Crippen LogP contribution >= 0.6 is 0 Å². The maximum Gasteiger partial charge on any atom is 0.128 e. The van der Waals surface area contributed by atoms with Gasteiger partial charge >= 0.3 is 0 Å². The van der Waals surface area contributed by atoms with E-state index in [1.54, 1.807) is 7.11 Å². The lowest BCUT2D eigenvalue weighted by atomic mass is 10.1. The summed E-state index contributed by atoms with van der Waals surface area (Å²) >= 11 is 0. The van der Waals surface area contributed by atoms with Crippen molar-refractivity contribution < 1.29 is 4.74 Å².